The van der Waals surface area contributed by atoms with Gasteiger partial charge in [0.25, 0.3) is 5.91 Å². The fraction of sp³-hybridized carbons (Fsp3) is 0.609. The molecule has 3 rings (SSSR count). The highest BCUT2D eigenvalue weighted by Crippen LogP contribution is 2.34. The smallest absolute Gasteiger partial charge is 0.408 e. The molecule has 1 atom stereocenters. The zero-order valence-corrected chi connectivity index (χ0v) is 21.7. The lowest BCUT2D eigenvalue weighted by molar-refractivity contribution is -0.149. The largest absolute Gasteiger partial charge is 0.427 e. The molecule has 0 aromatic carbocycles. The Balaban J connectivity index is 1.67. The van der Waals surface area contributed by atoms with Crippen LogP contribution in [0.15, 0.2) is 29.8 Å². The van der Waals surface area contributed by atoms with Crippen LogP contribution in [-0.4, -0.2) is 88.0 Å². The lowest BCUT2D eigenvalue weighted by Crippen LogP contribution is -2.63. The number of halogens is 3. The first-order valence-corrected chi connectivity index (χ1v) is 11.7. The number of nitrogens with one attached hydrogen (secondary N) is 1. The molecule has 2 N–H and O–H groups in total. The summed E-state index contributed by atoms with van der Waals surface area (Å²) in [5, 5.41) is 16.7. The number of aliphatic imine (C=N–C) groups is 1. The Morgan fingerprint density at radius 1 is 1.27 bits per heavy atom. The molecule has 1 aliphatic heterocycles. The van der Waals surface area contributed by atoms with Crippen LogP contribution in [0.2, 0.25) is 0 Å². The molecule has 0 unspecified atom stereocenters. The third-order valence-electron chi connectivity index (χ3n) is 6.71. The number of hydrogen-bond acceptors (Lipinski definition) is 8. The second kappa shape index (κ2) is 10.4. The van der Waals surface area contributed by atoms with Crippen molar-refractivity contribution < 1.29 is 27.7 Å². The minimum absolute atomic E-state index is 0.203. The normalized spacial score (nSPS) is 17.0. The average Bonchev–Trinajstić information content (AvgIpc) is 3.25. The number of hydrogen-bond donors (Lipinski definition) is 2. The summed E-state index contributed by atoms with van der Waals surface area (Å²) in [6, 6.07) is -2.00. The summed E-state index contributed by atoms with van der Waals surface area (Å²) >= 11 is 0. The van der Waals surface area contributed by atoms with Crippen molar-refractivity contribution in [1.29, 1.82) is 0 Å². The van der Waals surface area contributed by atoms with Gasteiger partial charge in [-0.15, -0.1) is 0 Å². The van der Waals surface area contributed by atoms with Crippen molar-refractivity contribution in [1.82, 2.24) is 25.1 Å². The van der Waals surface area contributed by atoms with Crippen molar-refractivity contribution >= 4 is 30.9 Å². The van der Waals surface area contributed by atoms with Gasteiger partial charge in [-0.3, -0.25) is 9.48 Å². The predicted octanol–water partition coefficient (Wildman–Crippen LogP) is 1.47. The van der Waals surface area contributed by atoms with Gasteiger partial charge in [-0.1, -0.05) is 0 Å². The fourth-order valence-corrected chi connectivity index (χ4v) is 3.43. The maximum absolute atomic E-state index is 12.7. The zero-order chi connectivity index (χ0) is 27.6. The van der Waals surface area contributed by atoms with Gasteiger partial charge >= 0.3 is 13.7 Å². The minimum Gasteiger partial charge on any atom is -0.427 e. The standard InChI is InChI=1S/C23H32BF3N7O3/c1-15(23(25,26)27)32-19(35)17-10-30-18(11-29-17)33-13-22(14-33,7-8-28-6)34-12-16(9-31-34)24-37-21(4,5)20(2,3)36/h8-12,15,36H,7,13-14H2,1-6H3,(H,32,35)/t15-/m0/s1. The molecule has 14 heteroatoms. The second-order valence-corrected chi connectivity index (χ2v) is 10.2. The summed E-state index contributed by atoms with van der Waals surface area (Å²) < 4.78 is 45.8. The van der Waals surface area contributed by atoms with E-state index in [0.717, 1.165) is 18.6 Å². The van der Waals surface area contributed by atoms with E-state index in [1.807, 2.05) is 21.1 Å². The average molecular weight is 522 g/mol. The van der Waals surface area contributed by atoms with Crippen LogP contribution in [0.25, 0.3) is 0 Å². The van der Waals surface area contributed by atoms with E-state index in [1.165, 1.54) is 6.20 Å². The van der Waals surface area contributed by atoms with Gasteiger partial charge in [-0.05, 0) is 40.1 Å². The fourth-order valence-electron chi connectivity index (χ4n) is 3.43. The van der Waals surface area contributed by atoms with E-state index in [4.69, 9.17) is 4.65 Å². The van der Waals surface area contributed by atoms with Gasteiger partial charge in [0.05, 0.1) is 23.6 Å². The Morgan fingerprint density at radius 3 is 2.49 bits per heavy atom. The molecule has 201 valence electrons. The lowest BCUT2D eigenvalue weighted by atomic mass is 9.83. The molecule has 1 amide bonds. The summed E-state index contributed by atoms with van der Waals surface area (Å²) in [6.45, 7) is 8.84. The number of aromatic nitrogens is 4. The highest BCUT2D eigenvalue weighted by molar-refractivity contribution is 6.46. The molecular weight excluding hydrogens is 490 g/mol. The van der Waals surface area contributed by atoms with Crippen LogP contribution in [0, 0.1) is 0 Å². The quantitative estimate of drug-likeness (QED) is 0.359. The first kappa shape index (κ1) is 28.6. The molecular formula is C23H32BF3N7O3. The molecule has 0 spiro atoms. The first-order chi connectivity index (χ1) is 17.1. The van der Waals surface area contributed by atoms with Gasteiger partial charge in [-0.25, -0.2) is 9.97 Å². The monoisotopic (exact) mass is 522 g/mol. The molecule has 1 aliphatic rings. The molecule has 1 saturated heterocycles. The number of carbonyl (C=O) groups is 1. The third kappa shape index (κ3) is 6.47. The van der Waals surface area contributed by atoms with E-state index >= 15 is 0 Å². The summed E-state index contributed by atoms with van der Waals surface area (Å²) in [4.78, 5) is 26.3. The minimum atomic E-state index is -4.55. The van der Waals surface area contributed by atoms with Crippen LogP contribution in [-0.2, 0) is 10.2 Å². The predicted molar refractivity (Wildman–Crippen MR) is 133 cm³/mol. The summed E-state index contributed by atoms with van der Waals surface area (Å²) in [7, 11) is 3.25. The molecule has 1 fully saturated rings. The van der Waals surface area contributed by atoms with E-state index in [9.17, 15) is 23.1 Å². The Labute approximate surface area is 214 Å². The third-order valence-corrected chi connectivity index (χ3v) is 6.71. The van der Waals surface area contributed by atoms with Gasteiger partial charge in [0.15, 0.2) is 0 Å². The molecule has 0 bridgehead atoms. The maximum Gasteiger partial charge on any atom is 0.408 e. The molecule has 0 saturated carbocycles. The molecule has 2 aromatic rings. The zero-order valence-electron chi connectivity index (χ0n) is 21.7. The van der Waals surface area contributed by atoms with Crippen molar-refractivity contribution in [3.05, 3.63) is 30.5 Å². The van der Waals surface area contributed by atoms with Gasteiger partial charge in [-0.2, -0.15) is 18.3 Å². The highest BCUT2D eigenvalue weighted by atomic mass is 19.4. The van der Waals surface area contributed by atoms with E-state index in [0.29, 0.717) is 25.3 Å². The van der Waals surface area contributed by atoms with Crippen LogP contribution >= 0.6 is 0 Å². The number of aliphatic hydroxyl groups is 1. The van der Waals surface area contributed by atoms with Gasteiger partial charge in [0.2, 0.25) is 0 Å². The maximum atomic E-state index is 12.7. The number of anilines is 1. The van der Waals surface area contributed by atoms with Crippen molar-refractivity contribution in [3.8, 4) is 0 Å². The van der Waals surface area contributed by atoms with Crippen LogP contribution < -0.4 is 15.7 Å². The molecule has 2 aromatic heterocycles. The second-order valence-electron chi connectivity index (χ2n) is 10.2. The number of alkyl halides is 3. The van der Waals surface area contributed by atoms with Crippen LogP contribution in [0.1, 0.15) is 51.5 Å². The van der Waals surface area contributed by atoms with Crippen LogP contribution in [0.4, 0.5) is 19.0 Å². The SMILES string of the molecule is CN=CCC1(n2cc([B]OC(C)(C)C(C)(C)O)cn2)CN(c2cnc(C(=O)N[C@@H](C)C(F)(F)F)cn2)C1. The molecule has 1 radical (unpaired) electrons. The summed E-state index contributed by atoms with van der Waals surface area (Å²) in [5.41, 5.74) is -1.77. The van der Waals surface area contributed by atoms with Crippen molar-refractivity contribution in [2.45, 2.75) is 70.0 Å². The molecule has 10 nitrogen and oxygen atoms in total. The van der Waals surface area contributed by atoms with Crippen LogP contribution in [0.3, 0.4) is 0 Å². The molecule has 0 aliphatic carbocycles. The van der Waals surface area contributed by atoms with E-state index in [2.05, 4.69) is 20.1 Å². The number of amides is 1. The van der Waals surface area contributed by atoms with Crippen molar-refractivity contribution in [2.75, 3.05) is 25.0 Å². The summed E-state index contributed by atoms with van der Waals surface area (Å²) in [5.74, 6) is -0.463. The Kier molecular flexibility index (Phi) is 8.03. The van der Waals surface area contributed by atoms with E-state index in [1.54, 1.807) is 54.6 Å². The molecule has 37 heavy (non-hydrogen) atoms. The Morgan fingerprint density at radius 2 is 1.95 bits per heavy atom. The number of rotatable bonds is 10. The number of carbonyl (C=O) groups excluding carboxylic acids is 1. The summed E-state index contributed by atoms with van der Waals surface area (Å²) in [6.07, 6.45) is 3.89. The van der Waals surface area contributed by atoms with Gasteiger partial charge in [0.1, 0.15) is 23.1 Å². The van der Waals surface area contributed by atoms with Gasteiger partial charge in [0, 0.05) is 45.2 Å². The van der Waals surface area contributed by atoms with E-state index in [-0.39, 0.29) is 5.69 Å². The highest BCUT2D eigenvalue weighted by Gasteiger charge is 2.46. The first-order valence-electron chi connectivity index (χ1n) is 11.7. The van der Waals surface area contributed by atoms with Gasteiger partial charge < -0.3 is 25.0 Å². The topological polar surface area (TPSA) is 118 Å². The van der Waals surface area contributed by atoms with Crippen molar-refractivity contribution in [3.63, 3.8) is 0 Å². The lowest BCUT2D eigenvalue weighted by Gasteiger charge is -2.50. The van der Waals surface area contributed by atoms with Crippen LogP contribution in [0.5, 0.6) is 0 Å². The molecule has 3 heterocycles. The Bertz CT molecular complexity index is 1110. The number of nitrogens with zero attached hydrogens (tertiary/aromatic N) is 6. The Hall–Kier alpha value is -3.00. The van der Waals surface area contributed by atoms with Crippen molar-refractivity contribution in [2.24, 2.45) is 4.99 Å². The van der Waals surface area contributed by atoms with E-state index < -0.39 is 34.9 Å².